The zero-order valence-electron chi connectivity index (χ0n) is 24.7. The summed E-state index contributed by atoms with van der Waals surface area (Å²) in [6.45, 7) is 15.1. The molecule has 0 aromatic carbocycles. The van der Waals surface area contributed by atoms with E-state index in [1.54, 1.807) is 19.9 Å². The first-order valence-corrected chi connectivity index (χ1v) is 14.2. The topological polar surface area (TPSA) is 135 Å². The van der Waals surface area contributed by atoms with E-state index in [1.807, 2.05) is 27.7 Å². The van der Waals surface area contributed by atoms with Gasteiger partial charge in [0.2, 0.25) is 0 Å². The molecule has 3 saturated carbocycles. The average Bonchev–Trinajstić information content (AvgIpc) is 3.65. The molecule has 4 fully saturated rings. The number of Topliss-reactive ketones (excluding diaryl/α,β-unsaturated/α-hetero) is 1. The van der Waals surface area contributed by atoms with Crippen molar-refractivity contribution < 1.29 is 47.7 Å². The third-order valence-electron chi connectivity index (χ3n) is 10.2. The molecule has 0 aromatic rings. The molecule has 0 radical (unpaired) electrons. The molecule has 1 saturated heterocycles. The van der Waals surface area contributed by atoms with E-state index >= 15 is 0 Å². The maximum absolute atomic E-state index is 14.4. The Morgan fingerprint density at radius 3 is 2.20 bits per heavy atom. The molecule has 0 amide bonds. The van der Waals surface area contributed by atoms with Gasteiger partial charge >= 0.3 is 23.9 Å². The molecule has 1 heterocycles. The van der Waals surface area contributed by atoms with Crippen molar-refractivity contribution in [2.24, 2.45) is 35.0 Å². The van der Waals surface area contributed by atoms with E-state index in [4.69, 9.17) is 23.7 Å². The molecule has 4 aliphatic carbocycles. The van der Waals surface area contributed by atoms with Gasteiger partial charge < -0.3 is 23.7 Å². The van der Waals surface area contributed by atoms with Crippen LogP contribution in [0.15, 0.2) is 11.6 Å². The Kier molecular flexibility index (Phi) is 6.38. The fourth-order valence-corrected chi connectivity index (χ4v) is 8.37. The molecule has 0 aromatic heterocycles. The molecule has 10 nitrogen and oxygen atoms in total. The molecule has 5 aliphatic rings. The summed E-state index contributed by atoms with van der Waals surface area (Å²) in [5, 5.41) is 0. The smallest absolute Gasteiger partial charge is 0.309 e. The molecular weight excluding hydrogens is 520 g/mol. The van der Waals surface area contributed by atoms with Crippen molar-refractivity contribution in [1.29, 1.82) is 0 Å². The molecule has 4 unspecified atom stereocenters. The van der Waals surface area contributed by atoms with Gasteiger partial charge in [0.05, 0.1) is 11.8 Å². The van der Waals surface area contributed by atoms with Gasteiger partial charge in [0.15, 0.2) is 28.7 Å². The van der Waals surface area contributed by atoms with Gasteiger partial charge in [-0.05, 0) is 30.3 Å². The Morgan fingerprint density at radius 1 is 1.02 bits per heavy atom. The number of ketones is 1. The van der Waals surface area contributed by atoms with Gasteiger partial charge in [-0.25, -0.2) is 0 Å². The third-order valence-corrected chi connectivity index (χ3v) is 10.2. The van der Waals surface area contributed by atoms with Crippen molar-refractivity contribution in [3.63, 3.8) is 0 Å². The Labute approximate surface area is 234 Å². The number of rotatable bonds is 6. The monoisotopic (exact) mass is 560 g/mol. The minimum absolute atomic E-state index is 0.202. The van der Waals surface area contributed by atoms with Gasteiger partial charge in [-0.2, -0.15) is 0 Å². The molecule has 40 heavy (non-hydrogen) atoms. The Hall–Kier alpha value is -2.75. The summed E-state index contributed by atoms with van der Waals surface area (Å²) >= 11 is 0. The summed E-state index contributed by atoms with van der Waals surface area (Å²) in [7, 11) is 0. The van der Waals surface area contributed by atoms with E-state index in [0.29, 0.717) is 18.4 Å². The highest BCUT2D eigenvalue weighted by Gasteiger charge is 2.88. The van der Waals surface area contributed by atoms with Crippen LogP contribution in [-0.4, -0.2) is 64.8 Å². The van der Waals surface area contributed by atoms with Crippen LogP contribution in [0.25, 0.3) is 0 Å². The van der Waals surface area contributed by atoms with Crippen LogP contribution in [0.4, 0.5) is 0 Å². The summed E-state index contributed by atoms with van der Waals surface area (Å²) < 4.78 is 30.3. The molecule has 220 valence electrons. The van der Waals surface area contributed by atoms with E-state index in [0.717, 1.165) is 0 Å². The molecule has 1 aliphatic heterocycles. The minimum Gasteiger partial charge on any atom is -0.459 e. The van der Waals surface area contributed by atoms with E-state index in [9.17, 15) is 24.0 Å². The average molecular weight is 561 g/mol. The number of carbonyl (C=O) groups excluding carboxylic acids is 5. The van der Waals surface area contributed by atoms with Gasteiger partial charge in [0, 0.05) is 38.2 Å². The van der Waals surface area contributed by atoms with Crippen molar-refractivity contribution in [2.45, 2.75) is 110 Å². The highest BCUT2D eigenvalue weighted by atomic mass is 16.7. The van der Waals surface area contributed by atoms with Crippen LogP contribution >= 0.6 is 0 Å². The normalized spacial score (nSPS) is 44.3. The Balaban J connectivity index is 1.76. The summed E-state index contributed by atoms with van der Waals surface area (Å²) in [6.07, 6.45) is -0.227. The molecule has 5 rings (SSSR count). The summed E-state index contributed by atoms with van der Waals surface area (Å²) in [5.41, 5.74) is -4.27. The van der Waals surface area contributed by atoms with Crippen LogP contribution in [-0.2, 0) is 47.7 Å². The number of epoxide rings is 1. The SMILES string of the molecule is CCC(C)C(=O)O[C@@H]1C2C(C2(C)C)[C@@]2(OC(C)=O)C(=C[C@@]34O[C@@]3(CC(C)[C@@H]4OC(C)=O)C(=O)[C@H]2C)[C@H]1OC(C)=O. The highest BCUT2D eigenvalue weighted by molar-refractivity contribution is 5.98. The quantitative estimate of drug-likeness (QED) is 0.206. The lowest BCUT2D eigenvalue weighted by Crippen LogP contribution is -2.59. The maximum Gasteiger partial charge on any atom is 0.309 e. The van der Waals surface area contributed by atoms with Gasteiger partial charge in [-0.15, -0.1) is 0 Å². The lowest BCUT2D eigenvalue weighted by Gasteiger charge is -2.47. The first kappa shape index (κ1) is 28.8. The third kappa shape index (κ3) is 3.59. The first-order valence-electron chi connectivity index (χ1n) is 14.2. The van der Waals surface area contributed by atoms with Gasteiger partial charge in [-0.1, -0.05) is 41.5 Å². The number of hydrogen-bond acceptors (Lipinski definition) is 10. The molecule has 10 heteroatoms. The van der Waals surface area contributed by atoms with Crippen LogP contribution in [0.5, 0.6) is 0 Å². The minimum atomic E-state index is -1.48. The predicted molar refractivity (Wildman–Crippen MR) is 138 cm³/mol. The number of hydrogen-bond donors (Lipinski definition) is 0. The molecule has 11 atom stereocenters. The lowest BCUT2D eigenvalue weighted by atomic mass is 9.67. The van der Waals surface area contributed by atoms with Crippen LogP contribution in [0.1, 0.15) is 75.2 Å². The number of carbonyl (C=O) groups is 5. The first-order chi connectivity index (χ1) is 18.5. The molecule has 0 spiro atoms. The van der Waals surface area contributed by atoms with Crippen LogP contribution in [0, 0.1) is 35.0 Å². The second-order valence-electron chi connectivity index (χ2n) is 13.1. The van der Waals surface area contributed by atoms with E-state index < -0.39 is 76.2 Å². The van der Waals surface area contributed by atoms with Gasteiger partial charge in [0.1, 0.15) is 12.2 Å². The lowest BCUT2D eigenvalue weighted by molar-refractivity contribution is -0.186. The van der Waals surface area contributed by atoms with Gasteiger partial charge in [-0.3, -0.25) is 24.0 Å². The predicted octanol–water partition coefficient (Wildman–Crippen LogP) is 3.09. The second-order valence-corrected chi connectivity index (χ2v) is 13.1. The fraction of sp³-hybridized carbons (Fsp3) is 0.767. The highest BCUT2D eigenvalue weighted by Crippen LogP contribution is 2.76. The number of esters is 4. The second kappa shape index (κ2) is 8.87. The maximum atomic E-state index is 14.4. The van der Waals surface area contributed by atoms with Crippen molar-refractivity contribution in [1.82, 2.24) is 0 Å². The number of ether oxygens (including phenoxy) is 5. The number of fused-ring (bicyclic) bond motifs is 3. The van der Waals surface area contributed by atoms with E-state index in [2.05, 4.69) is 0 Å². The standard InChI is InChI=1S/C30H40O10/c1-10-13(2)26(35)38-22-20-23(27(20,8)9)30(39-18(7)33)15(4)24(34)28-11-14(3)25(37-17(6)32)29(28,40-28)12-19(30)21(22)36-16(5)31/h12-15,20-23,25H,10-11H2,1-9H3/t13?,14?,15-,20?,21-,22-,23?,25+,28+,29+,30+/m1/s1. The fourth-order valence-electron chi connectivity index (χ4n) is 8.37. The zero-order valence-corrected chi connectivity index (χ0v) is 24.7. The summed E-state index contributed by atoms with van der Waals surface area (Å²) in [6, 6.07) is 0. The zero-order chi connectivity index (χ0) is 29.7. The van der Waals surface area contributed by atoms with Crippen molar-refractivity contribution in [3.8, 4) is 0 Å². The van der Waals surface area contributed by atoms with Crippen LogP contribution < -0.4 is 0 Å². The Morgan fingerprint density at radius 2 is 1.65 bits per heavy atom. The van der Waals surface area contributed by atoms with Gasteiger partial charge in [0.25, 0.3) is 0 Å². The summed E-state index contributed by atoms with van der Waals surface area (Å²) in [4.78, 5) is 65.0. The van der Waals surface area contributed by atoms with E-state index in [-0.39, 0.29) is 23.5 Å². The largest absolute Gasteiger partial charge is 0.459 e. The molecule has 0 bridgehead atoms. The van der Waals surface area contributed by atoms with Crippen molar-refractivity contribution in [3.05, 3.63) is 11.6 Å². The molecular formula is C30H40O10. The van der Waals surface area contributed by atoms with E-state index in [1.165, 1.54) is 20.8 Å². The van der Waals surface area contributed by atoms with Crippen LogP contribution in [0.3, 0.4) is 0 Å². The molecule has 0 N–H and O–H groups in total. The van der Waals surface area contributed by atoms with Crippen LogP contribution in [0.2, 0.25) is 0 Å². The van der Waals surface area contributed by atoms with Crippen molar-refractivity contribution >= 4 is 29.7 Å². The summed E-state index contributed by atoms with van der Waals surface area (Å²) in [5.74, 6) is -4.64. The Bertz CT molecular complexity index is 1220. The van der Waals surface area contributed by atoms with Crippen molar-refractivity contribution in [2.75, 3.05) is 0 Å².